The summed E-state index contributed by atoms with van der Waals surface area (Å²) in [6.07, 6.45) is 2.88. The van der Waals surface area contributed by atoms with Crippen LogP contribution in [0.1, 0.15) is 47.0 Å². The first-order chi connectivity index (χ1) is 9.06. The molecule has 0 spiro atoms. The monoisotopic (exact) mass is 270 g/mol. The van der Waals surface area contributed by atoms with Crippen LogP contribution in [0.25, 0.3) is 0 Å². The molecule has 0 aromatic carbocycles. The molecule has 1 aliphatic rings. The lowest BCUT2D eigenvalue weighted by Crippen LogP contribution is -2.34. The predicted molar refractivity (Wildman–Crippen MR) is 72.4 cm³/mol. The largest absolute Gasteiger partial charge is 0.466 e. The van der Waals surface area contributed by atoms with E-state index in [0.717, 1.165) is 19.3 Å². The van der Waals surface area contributed by atoms with Gasteiger partial charge in [0.25, 0.3) is 0 Å². The Bertz CT molecular complexity index is 313. The smallest absolute Gasteiger partial charge is 0.310 e. The topological polar surface area (TPSA) is 52.6 Å². The number of hydrogen-bond acceptors (Lipinski definition) is 4. The second kappa shape index (κ2) is 7.51. The molecule has 1 saturated carbocycles. The van der Waals surface area contributed by atoms with Gasteiger partial charge in [0.15, 0.2) is 0 Å². The summed E-state index contributed by atoms with van der Waals surface area (Å²) in [6.45, 7) is 8.44. The van der Waals surface area contributed by atoms with Crippen LogP contribution in [0.5, 0.6) is 0 Å². The normalized spacial score (nSPS) is 30.1. The van der Waals surface area contributed by atoms with E-state index in [1.165, 1.54) is 0 Å². The van der Waals surface area contributed by atoms with E-state index in [0.29, 0.717) is 13.2 Å². The summed E-state index contributed by atoms with van der Waals surface area (Å²) in [7, 11) is 0. The van der Waals surface area contributed by atoms with Crippen LogP contribution in [-0.2, 0) is 19.1 Å². The van der Waals surface area contributed by atoms with Crippen LogP contribution < -0.4 is 0 Å². The van der Waals surface area contributed by atoms with Gasteiger partial charge in [-0.15, -0.1) is 0 Å². The van der Waals surface area contributed by atoms with Crippen LogP contribution in [-0.4, -0.2) is 25.2 Å². The minimum atomic E-state index is -0.337. The Kier molecular flexibility index (Phi) is 6.32. The lowest BCUT2D eigenvalue weighted by molar-refractivity contribution is -0.161. The molecule has 0 aliphatic heterocycles. The van der Waals surface area contributed by atoms with Crippen LogP contribution in [0.2, 0.25) is 0 Å². The summed E-state index contributed by atoms with van der Waals surface area (Å²) >= 11 is 0. The quantitative estimate of drug-likeness (QED) is 0.696. The van der Waals surface area contributed by atoms with Crippen LogP contribution in [0.4, 0.5) is 0 Å². The first-order valence-electron chi connectivity index (χ1n) is 7.39. The zero-order chi connectivity index (χ0) is 14.4. The Balaban J connectivity index is 2.90. The molecule has 0 saturated heterocycles. The molecule has 1 rings (SSSR count). The highest BCUT2D eigenvalue weighted by Crippen LogP contribution is 2.44. The van der Waals surface area contributed by atoms with E-state index in [2.05, 4.69) is 6.92 Å². The minimum Gasteiger partial charge on any atom is -0.466 e. The van der Waals surface area contributed by atoms with Gasteiger partial charge in [-0.2, -0.15) is 0 Å². The minimum absolute atomic E-state index is 0.185. The van der Waals surface area contributed by atoms with E-state index >= 15 is 0 Å². The van der Waals surface area contributed by atoms with Crippen molar-refractivity contribution in [2.45, 2.75) is 47.0 Å². The molecular weight excluding hydrogens is 244 g/mol. The average Bonchev–Trinajstić information content (AvgIpc) is 2.67. The van der Waals surface area contributed by atoms with Crippen molar-refractivity contribution in [2.24, 2.45) is 23.7 Å². The van der Waals surface area contributed by atoms with Crippen LogP contribution in [0.3, 0.4) is 0 Å². The van der Waals surface area contributed by atoms with Crippen LogP contribution in [0, 0.1) is 23.7 Å². The van der Waals surface area contributed by atoms with E-state index < -0.39 is 0 Å². The van der Waals surface area contributed by atoms with Gasteiger partial charge in [0.2, 0.25) is 0 Å². The fourth-order valence-corrected chi connectivity index (χ4v) is 3.28. The standard InChI is InChI=1S/C15H26O4/c1-5-8-11-9-10(4)12(14(16)18-6-2)13(11)15(17)19-7-3/h10-13H,5-9H2,1-4H3. The Hall–Kier alpha value is -1.06. The first kappa shape index (κ1) is 16.0. The van der Waals surface area contributed by atoms with Crippen molar-refractivity contribution < 1.29 is 19.1 Å². The maximum atomic E-state index is 12.2. The second-order valence-electron chi connectivity index (χ2n) is 5.32. The molecule has 0 bridgehead atoms. The first-order valence-corrected chi connectivity index (χ1v) is 7.39. The third kappa shape index (κ3) is 3.71. The summed E-state index contributed by atoms with van der Waals surface area (Å²) in [5, 5.41) is 0. The zero-order valence-corrected chi connectivity index (χ0v) is 12.5. The molecule has 0 heterocycles. The maximum Gasteiger partial charge on any atom is 0.310 e. The number of rotatable bonds is 6. The van der Waals surface area contributed by atoms with Crippen molar-refractivity contribution in [3.63, 3.8) is 0 Å². The van der Waals surface area contributed by atoms with Crippen molar-refractivity contribution in [2.75, 3.05) is 13.2 Å². The third-order valence-corrected chi connectivity index (χ3v) is 3.96. The van der Waals surface area contributed by atoms with Gasteiger partial charge in [0.1, 0.15) is 0 Å². The van der Waals surface area contributed by atoms with E-state index in [-0.39, 0.29) is 35.6 Å². The van der Waals surface area contributed by atoms with E-state index in [1.54, 1.807) is 13.8 Å². The molecule has 0 radical (unpaired) electrons. The molecule has 0 aromatic heterocycles. The maximum absolute atomic E-state index is 12.2. The highest BCUT2D eigenvalue weighted by atomic mass is 16.5. The van der Waals surface area contributed by atoms with E-state index in [1.807, 2.05) is 6.92 Å². The van der Waals surface area contributed by atoms with Gasteiger partial charge in [0, 0.05) is 0 Å². The van der Waals surface area contributed by atoms with Gasteiger partial charge in [-0.05, 0) is 38.5 Å². The van der Waals surface area contributed by atoms with E-state index in [9.17, 15) is 9.59 Å². The Morgan fingerprint density at radius 3 is 2.00 bits per heavy atom. The molecule has 1 fully saturated rings. The van der Waals surface area contributed by atoms with Gasteiger partial charge in [-0.25, -0.2) is 0 Å². The van der Waals surface area contributed by atoms with Crippen molar-refractivity contribution >= 4 is 11.9 Å². The highest BCUT2D eigenvalue weighted by molar-refractivity contribution is 5.83. The number of carbonyl (C=O) groups excluding carboxylic acids is 2. The second-order valence-corrected chi connectivity index (χ2v) is 5.32. The van der Waals surface area contributed by atoms with Gasteiger partial charge in [-0.1, -0.05) is 20.3 Å². The molecule has 0 amide bonds. The highest BCUT2D eigenvalue weighted by Gasteiger charge is 2.49. The molecule has 4 atom stereocenters. The van der Waals surface area contributed by atoms with Crippen LogP contribution >= 0.6 is 0 Å². The number of esters is 2. The number of ether oxygens (including phenoxy) is 2. The Labute approximate surface area is 115 Å². The summed E-state index contributed by atoms with van der Waals surface area (Å²) in [5.74, 6) is -0.710. The predicted octanol–water partition coefficient (Wildman–Crippen LogP) is 2.80. The SMILES string of the molecule is CCCC1CC(C)C(C(=O)OCC)C1C(=O)OCC. The molecule has 4 heteroatoms. The number of hydrogen-bond donors (Lipinski definition) is 0. The summed E-state index contributed by atoms with van der Waals surface area (Å²) in [6, 6.07) is 0. The molecule has 0 N–H and O–H groups in total. The van der Waals surface area contributed by atoms with Crippen molar-refractivity contribution in [3.05, 3.63) is 0 Å². The van der Waals surface area contributed by atoms with Crippen molar-refractivity contribution in [1.29, 1.82) is 0 Å². The molecule has 0 aromatic rings. The molecular formula is C15H26O4. The Morgan fingerprint density at radius 1 is 1.00 bits per heavy atom. The summed E-state index contributed by atoms with van der Waals surface area (Å²) in [5.41, 5.74) is 0. The zero-order valence-electron chi connectivity index (χ0n) is 12.5. The molecule has 110 valence electrons. The fourth-order valence-electron chi connectivity index (χ4n) is 3.28. The Morgan fingerprint density at radius 2 is 1.53 bits per heavy atom. The van der Waals surface area contributed by atoms with Crippen molar-refractivity contribution in [3.8, 4) is 0 Å². The van der Waals surface area contributed by atoms with Crippen LogP contribution in [0.15, 0.2) is 0 Å². The number of carbonyl (C=O) groups is 2. The van der Waals surface area contributed by atoms with Gasteiger partial charge in [-0.3, -0.25) is 9.59 Å². The van der Waals surface area contributed by atoms with E-state index in [4.69, 9.17) is 9.47 Å². The van der Waals surface area contributed by atoms with Crippen molar-refractivity contribution in [1.82, 2.24) is 0 Å². The van der Waals surface area contributed by atoms with Gasteiger partial charge < -0.3 is 9.47 Å². The van der Waals surface area contributed by atoms with Gasteiger partial charge in [0.05, 0.1) is 25.0 Å². The molecule has 1 aliphatic carbocycles. The third-order valence-electron chi connectivity index (χ3n) is 3.96. The molecule has 4 unspecified atom stereocenters. The molecule has 4 nitrogen and oxygen atoms in total. The van der Waals surface area contributed by atoms with Gasteiger partial charge >= 0.3 is 11.9 Å². The summed E-state index contributed by atoms with van der Waals surface area (Å²) in [4.78, 5) is 24.3. The average molecular weight is 270 g/mol. The lowest BCUT2D eigenvalue weighted by atomic mass is 9.85. The molecule has 19 heavy (non-hydrogen) atoms. The summed E-state index contributed by atoms with van der Waals surface area (Å²) < 4.78 is 10.3. The fraction of sp³-hybridized carbons (Fsp3) is 0.867. The lowest BCUT2D eigenvalue weighted by Gasteiger charge is -2.22.